The third kappa shape index (κ3) is 5.52. The first kappa shape index (κ1) is 21.2. The number of hydrogen-bond acceptors (Lipinski definition) is 5. The Hall–Kier alpha value is -3.51. The van der Waals surface area contributed by atoms with Crippen LogP contribution in [0.5, 0.6) is 0 Å². The molecule has 0 bridgehead atoms. The molecule has 3 aromatic rings. The van der Waals surface area contributed by atoms with Crippen LogP contribution in [-0.4, -0.2) is 33.0 Å². The van der Waals surface area contributed by atoms with Crippen LogP contribution in [-0.2, 0) is 4.74 Å². The lowest BCUT2D eigenvalue weighted by molar-refractivity contribution is 0.0601. The molecular weight excluding hydrogens is 400 g/mol. The molecule has 7 heteroatoms. The average molecular weight is 421 g/mol. The van der Waals surface area contributed by atoms with Gasteiger partial charge in [-0.05, 0) is 72.8 Å². The second-order valence-electron chi connectivity index (χ2n) is 6.59. The second-order valence-corrected chi connectivity index (χ2v) is 7.03. The number of rotatable bonds is 5. The van der Waals surface area contributed by atoms with Gasteiger partial charge in [0.2, 0.25) is 0 Å². The Morgan fingerprint density at radius 2 is 1.40 bits per heavy atom. The number of hydrogen-bond donors (Lipinski definition) is 0. The van der Waals surface area contributed by atoms with Gasteiger partial charge in [0.15, 0.2) is 5.84 Å². The van der Waals surface area contributed by atoms with E-state index in [9.17, 15) is 4.79 Å². The standard InChI is InChI=1S/C23H21ClN4O2/c1-28(2)21-14-6-16(7-15-21)22(27-26-20-12-8-18(24)9-13-20)25-19-10-4-17(5-11-19)23(29)30-3/h4-15H,1-3H3. The molecule has 0 saturated carbocycles. The monoisotopic (exact) mass is 420 g/mol. The van der Waals surface area contributed by atoms with E-state index in [1.54, 1.807) is 48.5 Å². The molecule has 0 radical (unpaired) electrons. The number of ether oxygens (including phenoxy) is 1. The van der Waals surface area contributed by atoms with Gasteiger partial charge in [-0.25, -0.2) is 9.79 Å². The van der Waals surface area contributed by atoms with Crippen molar-refractivity contribution in [2.45, 2.75) is 0 Å². The third-order valence-corrected chi connectivity index (χ3v) is 4.50. The zero-order valence-corrected chi connectivity index (χ0v) is 17.7. The SMILES string of the molecule is COC(=O)c1ccc(N=C(N=Nc2ccc(Cl)cc2)c2ccc(N(C)C)cc2)cc1. The normalized spacial score (nSPS) is 11.5. The maximum atomic E-state index is 11.6. The van der Waals surface area contributed by atoms with Crippen LogP contribution in [0, 0.1) is 0 Å². The van der Waals surface area contributed by atoms with Gasteiger partial charge in [0.25, 0.3) is 0 Å². The van der Waals surface area contributed by atoms with E-state index >= 15 is 0 Å². The summed E-state index contributed by atoms with van der Waals surface area (Å²) in [6.07, 6.45) is 0. The molecular formula is C23H21ClN4O2. The van der Waals surface area contributed by atoms with Gasteiger partial charge >= 0.3 is 5.97 Å². The van der Waals surface area contributed by atoms with Crippen LogP contribution in [0.1, 0.15) is 15.9 Å². The summed E-state index contributed by atoms with van der Waals surface area (Å²) in [6.45, 7) is 0. The number of halogens is 1. The van der Waals surface area contributed by atoms with Crippen LogP contribution in [0.25, 0.3) is 0 Å². The molecule has 0 aromatic heterocycles. The van der Waals surface area contributed by atoms with E-state index in [0.29, 0.717) is 27.8 Å². The summed E-state index contributed by atoms with van der Waals surface area (Å²) in [5, 5.41) is 9.28. The van der Waals surface area contributed by atoms with Gasteiger partial charge in [0.1, 0.15) is 0 Å². The Morgan fingerprint density at radius 3 is 1.97 bits per heavy atom. The van der Waals surface area contributed by atoms with Crippen molar-refractivity contribution in [3.63, 3.8) is 0 Å². The zero-order chi connectivity index (χ0) is 21.5. The molecule has 0 aliphatic carbocycles. The van der Waals surface area contributed by atoms with Gasteiger partial charge in [-0.1, -0.05) is 11.6 Å². The van der Waals surface area contributed by atoms with Crippen molar-refractivity contribution in [2.24, 2.45) is 15.2 Å². The Bertz CT molecular complexity index is 1060. The quantitative estimate of drug-likeness (QED) is 0.218. The van der Waals surface area contributed by atoms with E-state index in [0.717, 1.165) is 11.3 Å². The molecule has 0 fully saturated rings. The summed E-state index contributed by atoms with van der Waals surface area (Å²) in [5.41, 5.74) is 3.64. The van der Waals surface area contributed by atoms with E-state index in [-0.39, 0.29) is 0 Å². The highest BCUT2D eigenvalue weighted by atomic mass is 35.5. The highest BCUT2D eigenvalue weighted by Crippen LogP contribution is 2.21. The van der Waals surface area contributed by atoms with E-state index in [4.69, 9.17) is 16.3 Å². The van der Waals surface area contributed by atoms with E-state index in [1.165, 1.54) is 7.11 Å². The average Bonchev–Trinajstić information content (AvgIpc) is 2.77. The number of carbonyl (C=O) groups excluding carboxylic acids is 1. The number of methoxy groups -OCH3 is 1. The molecule has 3 rings (SSSR count). The van der Waals surface area contributed by atoms with E-state index < -0.39 is 5.97 Å². The van der Waals surface area contributed by atoms with Gasteiger partial charge in [0, 0.05) is 30.4 Å². The lowest BCUT2D eigenvalue weighted by Crippen LogP contribution is -2.08. The number of aliphatic imine (C=N–C) groups is 1. The number of amidine groups is 1. The first-order valence-electron chi connectivity index (χ1n) is 9.18. The molecule has 0 spiro atoms. The molecule has 0 atom stereocenters. The van der Waals surface area contributed by atoms with Crippen LogP contribution in [0.4, 0.5) is 17.1 Å². The highest BCUT2D eigenvalue weighted by Gasteiger charge is 2.07. The maximum Gasteiger partial charge on any atom is 0.337 e. The molecule has 3 aromatic carbocycles. The molecule has 0 N–H and O–H groups in total. The predicted molar refractivity (Wildman–Crippen MR) is 121 cm³/mol. The van der Waals surface area contributed by atoms with E-state index in [2.05, 4.69) is 15.2 Å². The largest absolute Gasteiger partial charge is 0.465 e. The highest BCUT2D eigenvalue weighted by molar-refractivity contribution is 6.30. The van der Waals surface area contributed by atoms with Gasteiger partial charge in [0.05, 0.1) is 24.0 Å². The van der Waals surface area contributed by atoms with Crippen molar-refractivity contribution in [3.05, 3.63) is 88.9 Å². The fourth-order valence-electron chi connectivity index (χ4n) is 2.58. The summed E-state index contributed by atoms with van der Waals surface area (Å²) < 4.78 is 4.73. The Kier molecular flexibility index (Phi) is 6.93. The molecule has 0 amide bonds. The minimum Gasteiger partial charge on any atom is -0.465 e. The fourth-order valence-corrected chi connectivity index (χ4v) is 2.70. The van der Waals surface area contributed by atoms with Gasteiger partial charge in [-0.15, -0.1) is 10.2 Å². The molecule has 0 unspecified atom stereocenters. The van der Waals surface area contributed by atoms with Crippen LogP contribution < -0.4 is 4.90 Å². The number of nitrogens with zero attached hydrogens (tertiary/aromatic N) is 4. The van der Waals surface area contributed by atoms with Crippen LogP contribution in [0.2, 0.25) is 5.02 Å². The minimum atomic E-state index is -0.396. The summed E-state index contributed by atoms with van der Waals surface area (Å²) in [4.78, 5) is 18.3. The number of esters is 1. The number of anilines is 1. The predicted octanol–water partition coefficient (Wildman–Crippen LogP) is 6.05. The van der Waals surface area contributed by atoms with Crippen molar-refractivity contribution in [1.29, 1.82) is 0 Å². The lowest BCUT2D eigenvalue weighted by Gasteiger charge is -2.12. The first-order valence-corrected chi connectivity index (χ1v) is 9.56. The van der Waals surface area contributed by atoms with Crippen LogP contribution in [0.15, 0.2) is 88.0 Å². The lowest BCUT2D eigenvalue weighted by atomic mass is 10.1. The summed E-state index contributed by atoms with van der Waals surface area (Å²) in [6, 6.07) is 21.7. The minimum absolute atomic E-state index is 0.396. The van der Waals surface area contributed by atoms with Crippen LogP contribution >= 0.6 is 11.6 Å². The smallest absolute Gasteiger partial charge is 0.337 e. The van der Waals surface area contributed by atoms with E-state index in [1.807, 2.05) is 43.3 Å². The van der Waals surface area contributed by atoms with Crippen molar-refractivity contribution < 1.29 is 9.53 Å². The fraction of sp³-hybridized carbons (Fsp3) is 0.130. The zero-order valence-electron chi connectivity index (χ0n) is 16.9. The van der Waals surface area contributed by atoms with Crippen molar-refractivity contribution >= 4 is 40.5 Å². The van der Waals surface area contributed by atoms with Crippen molar-refractivity contribution in [3.8, 4) is 0 Å². The van der Waals surface area contributed by atoms with Gasteiger partial charge in [-0.3, -0.25) is 0 Å². The Morgan fingerprint density at radius 1 is 0.833 bits per heavy atom. The third-order valence-electron chi connectivity index (χ3n) is 4.25. The second kappa shape index (κ2) is 9.80. The first-order chi connectivity index (χ1) is 14.5. The molecule has 0 saturated heterocycles. The Balaban J connectivity index is 1.96. The Labute approximate surface area is 180 Å². The number of benzene rings is 3. The molecule has 0 heterocycles. The molecule has 152 valence electrons. The summed E-state index contributed by atoms with van der Waals surface area (Å²) in [7, 11) is 5.31. The van der Waals surface area contributed by atoms with Crippen molar-refractivity contribution in [2.75, 3.05) is 26.1 Å². The van der Waals surface area contributed by atoms with Gasteiger partial charge in [-0.2, -0.15) is 0 Å². The maximum absolute atomic E-state index is 11.6. The molecule has 6 nitrogen and oxygen atoms in total. The number of azo groups is 1. The molecule has 0 aliphatic rings. The number of carbonyl (C=O) groups is 1. The summed E-state index contributed by atoms with van der Waals surface area (Å²) in [5.74, 6) is 0.0496. The topological polar surface area (TPSA) is 66.6 Å². The molecule has 30 heavy (non-hydrogen) atoms. The van der Waals surface area contributed by atoms with Gasteiger partial charge < -0.3 is 9.64 Å². The van der Waals surface area contributed by atoms with Crippen molar-refractivity contribution in [1.82, 2.24) is 0 Å². The summed E-state index contributed by atoms with van der Waals surface area (Å²) >= 11 is 5.93. The molecule has 0 aliphatic heterocycles. The van der Waals surface area contributed by atoms with Crippen LogP contribution in [0.3, 0.4) is 0 Å².